The Bertz CT molecular complexity index is 1860. The van der Waals surface area contributed by atoms with Crippen LogP contribution in [-0.4, -0.2) is 198 Å². The number of aliphatic carboxylic acids is 2. The number of aliphatic hydroxyl groups excluding tert-OH is 9. The number of ether oxygens (including phenoxy) is 8. The molecule has 4 aliphatic carbocycles. The van der Waals surface area contributed by atoms with E-state index < -0.39 is 147 Å². The van der Waals surface area contributed by atoms with Crippen LogP contribution in [0.15, 0.2) is 11.1 Å². The fourth-order valence-corrected chi connectivity index (χ4v) is 14.1. The van der Waals surface area contributed by atoms with Gasteiger partial charge in [0.15, 0.2) is 37.4 Å². The largest absolute Gasteiger partial charge is 0.479 e. The lowest BCUT2D eigenvalue weighted by molar-refractivity contribution is -0.403. The Kier molecular flexibility index (Phi) is 15.0. The molecular weight excluding hydrogens is 900 g/mol. The normalized spacial score (nSPS) is 51.7. The van der Waals surface area contributed by atoms with Gasteiger partial charge in [-0.1, -0.05) is 52.7 Å². The minimum Gasteiger partial charge on any atom is -0.479 e. The summed E-state index contributed by atoms with van der Waals surface area (Å²) < 4.78 is 48.2. The molecule has 4 saturated heterocycles. The molecule has 9 unspecified atom stereocenters. The van der Waals surface area contributed by atoms with Gasteiger partial charge in [0.1, 0.15) is 73.2 Å². The van der Waals surface area contributed by atoms with Crippen LogP contribution in [0.5, 0.6) is 0 Å². The molecule has 0 aromatic carbocycles. The molecule has 0 bridgehead atoms. The summed E-state index contributed by atoms with van der Waals surface area (Å²) in [7, 11) is 0. The van der Waals surface area contributed by atoms with Crippen molar-refractivity contribution in [3.05, 3.63) is 11.1 Å². The van der Waals surface area contributed by atoms with Crippen LogP contribution >= 0.6 is 0 Å². The molecule has 0 radical (unpaired) electrons. The predicted octanol–water partition coefficient (Wildman–Crippen LogP) is -0.489. The molecular formula is C47H74O21. The van der Waals surface area contributed by atoms with Crippen molar-refractivity contribution >= 4 is 11.9 Å². The van der Waals surface area contributed by atoms with Crippen molar-refractivity contribution in [1.82, 2.24) is 0 Å². The van der Waals surface area contributed by atoms with Crippen molar-refractivity contribution in [2.45, 2.75) is 223 Å². The monoisotopic (exact) mass is 974 g/mol. The lowest BCUT2D eigenvalue weighted by Crippen LogP contribution is -2.69. The second-order valence-electron chi connectivity index (χ2n) is 22.2. The van der Waals surface area contributed by atoms with E-state index in [1.807, 2.05) is 0 Å². The fourth-order valence-electron chi connectivity index (χ4n) is 14.1. The van der Waals surface area contributed by atoms with Crippen molar-refractivity contribution in [2.24, 2.45) is 39.9 Å². The summed E-state index contributed by atoms with van der Waals surface area (Å²) in [5.74, 6) is -1.72. The van der Waals surface area contributed by atoms with Gasteiger partial charge in [-0.15, -0.1) is 0 Å². The molecule has 4 heterocycles. The SMILES string of the molecule is CC1O[C@H](OC2C(O)[C@@H](O)[C@@H](C(=O)O)O[C@H]2OC2C(O[C@@H]3OC[C@H](O)C(O)C3O)[C@@H](O)[C@@H](C(=O)O)O[C@H]2O[C@H]2CC[C@]3(C)[C@H]4CC[C@@]5(C)C(=C4CC[C@H]3C2(C)C)CC[C@@H]5C(C)C)C(O)[C@@H](O)C1O. The van der Waals surface area contributed by atoms with Gasteiger partial charge < -0.3 is 94.1 Å². The van der Waals surface area contributed by atoms with Crippen LogP contribution < -0.4 is 0 Å². The van der Waals surface area contributed by atoms with Crippen molar-refractivity contribution < 1.29 is 104 Å². The van der Waals surface area contributed by atoms with Gasteiger partial charge in [0.05, 0.1) is 18.8 Å². The molecule has 68 heavy (non-hydrogen) atoms. The maximum atomic E-state index is 12.9. The Labute approximate surface area is 395 Å². The Hall–Kier alpha value is -2.00. The maximum absolute atomic E-state index is 12.9. The Morgan fingerprint density at radius 1 is 0.603 bits per heavy atom. The number of fused-ring (bicyclic) bond motifs is 4. The maximum Gasteiger partial charge on any atom is 0.335 e. The third-order valence-electron chi connectivity index (χ3n) is 17.7. The zero-order chi connectivity index (χ0) is 49.7. The third-order valence-corrected chi connectivity index (χ3v) is 17.7. The number of aliphatic hydroxyl groups is 9. The van der Waals surface area contributed by atoms with E-state index in [9.17, 15) is 65.8 Å². The van der Waals surface area contributed by atoms with Gasteiger partial charge >= 0.3 is 11.9 Å². The summed E-state index contributed by atoms with van der Waals surface area (Å²) in [6.45, 7) is 14.5. The molecule has 4 aliphatic heterocycles. The first-order valence-corrected chi connectivity index (χ1v) is 24.3. The zero-order valence-corrected chi connectivity index (χ0v) is 39.7. The lowest BCUT2D eigenvalue weighted by atomic mass is 9.44. The average molecular weight is 975 g/mol. The number of carbonyl (C=O) groups is 2. The highest BCUT2D eigenvalue weighted by atomic mass is 16.8. The summed E-state index contributed by atoms with van der Waals surface area (Å²) in [5.41, 5.74) is 2.69. The molecule has 0 aromatic heterocycles. The Morgan fingerprint density at radius 2 is 1.21 bits per heavy atom. The molecule has 0 amide bonds. The number of carboxylic acids is 2. The standard InChI is InChI=1S/C47H74O21/c1-17(2)20-9-10-21-19-8-11-24-45(4,5)25(13-15-47(24,7)22(19)12-14-46(20,21)6)63-44-38(34(33(56)36(66-44)40(59)60)64-41-31(54)27(50)23(48)16-61-41)68-43-37(30(53)29(52)35(65-43)39(57)58)67-42-32(55)28(51)26(49)18(3)62-42/h17-18,20,22-38,41-44,48-56H,8-16H2,1-7H3,(H,57,58)(H,59,60)/t18?,20-,22+,23+,24+,25+,26?,27?,28+,29-,30?,31?,32?,33-,34?,35+,36+,37?,38?,41+,42-,43+,44-,46-,47-/m1/s1. The van der Waals surface area contributed by atoms with Crippen molar-refractivity contribution in [3.63, 3.8) is 0 Å². The highest BCUT2D eigenvalue weighted by Gasteiger charge is 2.63. The van der Waals surface area contributed by atoms with E-state index in [4.69, 9.17) is 37.9 Å². The molecule has 11 N–H and O–H groups in total. The van der Waals surface area contributed by atoms with E-state index in [-0.39, 0.29) is 16.7 Å². The summed E-state index contributed by atoms with van der Waals surface area (Å²) in [6.07, 6.45) is -29.3. The molecule has 8 rings (SSSR count). The minimum absolute atomic E-state index is 0.106. The predicted molar refractivity (Wildman–Crippen MR) is 229 cm³/mol. The number of rotatable bonds is 11. The van der Waals surface area contributed by atoms with E-state index in [0.29, 0.717) is 24.2 Å². The van der Waals surface area contributed by atoms with Gasteiger partial charge in [0.25, 0.3) is 0 Å². The molecule has 21 heteroatoms. The van der Waals surface area contributed by atoms with Crippen LogP contribution in [0.25, 0.3) is 0 Å². The van der Waals surface area contributed by atoms with Crippen molar-refractivity contribution in [2.75, 3.05) is 6.61 Å². The molecule has 25 atom stereocenters. The van der Waals surface area contributed by atoms with E-state index in [0.717, 1.165) is 38.5 Å². The zero-order valence-electron chi connectivity index (χ0n) is 39.7. The van der Waals surface area contributed by atoms with Crippen LogP contribution in [-0.2, 0) is 47.5 Å². The van der Waals surface area contributed by atoms with Crippen LogP contribution in [0.3, 0.4) is 0 Å². The van der Waals surface area contributed by atoms with Gasteiger partial charge in [-0.3, -0.25) is 0 Å². The van der Waals surface area contributed by atoms with Crippen molar-refractivity contribution in [1.29, 1.82) is 0 Å². The second-order valence-corrected chi connectivity index (χ2v) is 22.2. The quantitative estimate of drug-likeness (QED) is 0.0919. The van der Waals surface area contributed by atoms with E-state index in [1.165, 1.54) is 13.3 Å². The average Bonchev–Trinajstić information content (AvgIpc) is 3.64. The van der Waals surface area contributed by atoms with E-state index in [2.05, 4.69) is 41.5 Å². The first-order chi connectivity index (χ1) is 31.8. The van der Waals surface area contributed by atoms with Gasteiger partial charge in [0.2, 0.25) is 0 Å². The molecule has 0 spiro atoms. The highest BCUT2D eigenvalue weighted by Crippen LogP contribution is 2.68. The lowest BCUT2D eigenvalue weighted by Gasteiger charge is -2.62. The molecule has 21 nitrogen and oxygen atoms in total. The summed E-state index contributed by atoms with van der Waals surface area (Å²) >= 11 is 0. The first-order valence-electron chi connectivity index (χ1n) is 24.3. The van der Waals surface area contributed by atoms with Crippen LogP contribution in [0.1, 0.15) is 99.8 Å². The Morgan fingerprint density at radius 3 is 1.85 bits per heavy atom. The number of allylic oxidation sites excluding steroid dienone is 2. The van der Waals surface area contributed by atoms with Gasteiger partial charge in [-0.2, -0.15) is 0 Å². The molecule has 3 saturated carbocycles. The first kappa shape index (κ1) is 52.3. The van der Waals surface area contributed by atoms with Crippen molar-refractivity contribution in [3.8, 4) is 0 Å². The number of hydrogen-bond acceptors (Lipinski definition) is 19. The van der Waals surface area contributed by atoms with Crippen LogP contribution in [0.4, 0.5) is 0 Å². The molecule has 388 valence electrons. The molecule has 7 fully saturated rings. The second kappa shape index (κ2) is 19.4. The molecule has 0 aromatic rings. The fraction of sp³-hybridized carbons (Fsp3) is 0.915. The summed E-state index contributed by atoms with van der Waals surface area (Å²) in [4.78, 5) is 25.3. The van der Waals surface area contributed by atoms with Gasteiger partial charge in [-0.25, -0.2) is 9.59 Å². The number of carboxylic acid groups (broad SMARTS) is 2. The van der Waals surface area contributed by atoms with Gasteiger partial charge in [-0.05, 0) is 98.2 Å². The van der Waals surface area contributed by atoms with Crippen LogP contribution in [0.2, 0.25) is 0 Å². The third kappa shape index (κ3) is 8.89. The topological polar surface area (TPSA) is 331 Å². The van der Waals surface area contributed by atoms with Crippen LogP contribution in [0, 0.1) is 39.9 Å². The highest BCUT2D eigenvalue weighted by molar-refractivity contribution is 5.74. The number of hydrogen-bond donors (Lipinski definition) is 11. The Balaban J connectivity index is 1.14. The van der Waals surface area contributed by atoms with E-state index in [1.54, 1.807) is 11.1 Å². The summed E-state index contributed by atoms with van der Waals surface area (Å²) in [6, 6.07) is 0. The smallest absolute Gasteiger partial charge is 0.335 e. The summed E-state index contributed by atoms with van der Waals surface area (Å²) in [5, 5.41) is 118. The van der Waals surface area contributed by atoms with Gasteiger partial charge in [0, 0.05) is 0 Å². The minimum atomic E-state index is -2.20. The molecule has 8 aliphatic rings. The van der Waals surface area contributed by atoms with E-state index >= 15 is 0 Å².